The van der Waals surface area contributed by atoms with Gasteiger partial charge >= 0.3 is 5.97 Å². The van der Waals surface area contributed by atoms with Crippen LogP contribution in [-0.2, 0) is 20.7 Å². The molecule has 0 atom stereocenters. The van der Waals surface area contributed by atoms with Crippen molar-refractivity contribution in [3.63, 3.8) is 0 Å². The Bertz CT molecular complexity index is 1040. The molecule has 1 aromatic heterocycles. The summed E-state index contributed by atoms with van der Waals surface area (Å²) < 4.78 is 6.85. The second-order valence-corrected chi connectivity index (χ2v) is 7.18. The van der Waals surface area contributed by atoms with Gasteiger partial charge in [0.25, 0.3) is 5.91 Å². The zero-order valence-corrected chi connectivity index (χ0v) is 17.3. The molecule has 7 heteroatoms. The van der Waals surface area contributed by atoms with Gasteiger partial charge in [0.05, 0.1) is 29.2 Å². The SMILES string of the molecule is Cc1ccc(-n2nc(C)c(NC(=O)COC(=O)Cc3ccccc3Cl)c2C)cc1. The summed E-state index contributed by atoms with van der Waals surface area (Å²) in [4.78, 5) is 24.3. The fourth-order valence-electron chi connectivity index (χ4n) is 2.93. The van der Waals surface area contributed by atoms with Crippen LogP contribution in [0, 0.1) is 20.8 Å². The quantitative estimate of drug-likeness (QED) is 0.617. The minimum absolute atomic E-state index is 0.0103. The predicted octanol–water partition coefficient (Wildman–Crippen LogP) is 4.18. The highest BCUT2D eigenvalue weighted by molar-refractivity contribution is 6.31. The van der Waals surface area contributed by atoms with E-state index >= 15 is 0 Å². The molecule has 3 rings (SSSR count). The number of aromatic nitrogens is 2. The van der Waals surface area contributed by atoms with Crippen molar-refractivity contribution >= 4 is 29.2 Å². The Balaban J connectivity index is 1.61. The van der Waals surface area contributed by atoms with Gasteiger partial charge in [-0.25, -0.2) is 4.68 Å². The summed E-state index contributed by atoms with van der Waals surface area (Å²) >= 11 is 6.04. The monoisotopic (exact) mass is 411 g/mol. The van der Waals surface area contributed by atoms with Gasteiger partial charge in [-0.1, -0.05) is 47.5 Å². The Morgan fingerprint density at radius 3 is 2.45 bits per heavy atom. The molecule has 0 bridgehead atoms. The summed E-state index contributed by atoms with van der Waals surface area (Å²) in [5.74, 6) is -0.941. The van der Waals surface area contributed by atoms with Crippen LogP contribution in [0.5, 0.6) is 0 Å². The molecule has 0 fully saturated rings. The lowest BCUT2D eigenvalue weighted by molar-refractivity contribution is -0.146. The molecule has 0 aliphatic carbocycles. The topological polar surface area (TPSA) is 73.2 Å². The van der Waals surface area contributed by atoms with Gasteiger partial charge in [-0.15, -0.1) is 0 Å². The van der Waals surface area contributed by atoms with Gasteiger partial charge in [-0.05, 0) is 44.5 Å². The number of rotatable bonds is 6. The standard InChI is InChI=1S/C22H22ClN3O3/c1-14-8-10-18(11-9-14)26-16(3)22(15(2)25-26)24-20(27)13-29-21(28)12-17-6-4-5-7-19(17)23/h4-11H,12-13H2,1-3H3,(H,24,27). The van der Waals surface area contributed by atoms with Crippen molar-refractivity contribution in [2.75, 3.05) is 11.9 Å². The van der Waals surface area contributed by atoms with Crippen molar-refractivity contribution < 1.29 is 14.3 Å². The van der Waals surface area contributed by atoms with Crippen molar-refractivity contribution in [2.24, 2.45) is 0 Å². The maximum atomic E-state index is 12.3. The summed E-state index contributed by atoms with van der Waals surface area (Å²) in [5, 5.41) is 7.78. The fourth-order valence-corrected chi connectivity index (χ4v) is 3.13. The van der Waals surface area contributed by atoms with Crippen molar-refractivity contribution in [2.45, 2.75) is 27.2 Å². The Hall–Kier alpha value is -3.12. The van der Waals surface area contributed by atoms with Crippen molar-refractivity contribution in [1.29, 1.82) is 0 Å². The highest BCUT2D eigenvalue weighted by Crippen LogP contribution is 2.23. The number of carbonyl (C=O) groups excluding carboxylic acids is 2. The number of anilines is 1. The summed E-state index contributed by atoms with van der Waals surface area (Å²) in [6, 6.07) is 15.0. The number of nitrogens with zero attached hydrogens (tertiary/aromatic N) is 2. The van der Waals surface area contributed by atoms with Gasteiger partial charge in [0, 0.05) is 5.02 Å². The summed E-state index contributed by atoms with van der Waals surface area (Å²) in [7, 11) is 0. The Morgan fingerprint density at radius 1 is 1.07 bits per heavy atom. The lowest BCUT2D eigenvalue weighted by atomic mass is 10.1. The molecular weight excluding hydrogens is 390 g/mol. The maximum Gasteiger partial charge on any atom is 0.310 e. The number of ether oxygens (including phenoxy) is 1. The minimum atomic E-state index is -0.517. The third-order valence-corrected chi connectivity index (χ3v) is 4.86. The van der Waals surface area contributed by atoms with Crippen molar-refractivity contribution in [1.82, 2.24) is 9.78 Å². The summed E-state index contributed by atoms with van der Waals surface area (Å²) in [5.41, 5.74) is 4.80. The summed E-state index contributed by atoms with van der Waals surface area (Å²) in [6.45, 7) is 5.33. The maximum absolute atomic E-state index is 12.3. The van der Waals surface area contributed by atoms with Crippen LogP contribution in [0.4, 0.5) is 5.69 Å². The largest absolute Gasteiger partial charge is 0.455 e. The molecule has 0 aliphatic heterocycles. The van der Waals surface area contributed by atoms with Crippen LogP contribution in [0.1, 0.15) is 22.5 Å². The molecule has 3 aromatic rings. The molecule has 1 heterocycles. The molecule has 0 saturated heterocycles. The van der Waals surface area contributed by atoms with Crippen LogP contribution in [-0.4, -0.2) is 28.3 Å². The highest BCUT2D eigenvalue weighted by Gasteiger charge is 2.16. The highest BCUT2D eigenvalue weighted by atomic mass is 35.5. The molecule has 2 aromatic carbocycles. The first-order valence-corrected chi connectivity index (χ1v) is 9.55. The molecule has 0 radical (unpaired) electrons. The molecule has 0 spiro atoms. The second kappa shape index (κ2) is 8.92. The van der Waals surface area contributed by atoms with Gasteiger partial charge in [0.1, 0.15) is 0 Å². The molecule has 150 valence electrons. The number of halogens is 1. The van der Waals surface area contributed by atoms with E-state index in [9.17, 15) is 9.59 Å². The van der Waals surface area contributed by atoms with Crippen LogP contribution in [0.25, 0.3) is 5.69 Å². The van der Waals surface area contributed by atoms with Crippen LogP contribution in [0.2, 0.25) is 5.02 Å². The number of nitrogens with one attached hydrogen (secondary N) is 1. The minimum Gasteiger partial charge on any atom is -0.455 e. The molecule has 0 unspecified atom stereocenters. The van der Waals surface area contributed by atoms with Gasteiger partial charge < -0.3 is 10.1 Å². The van der Waals surface area contributed by atoms with E-state index < -0.39 is 11.9 Å². The van der Waals surface area contributed by atoms with E-state index in [-0.39, 0.29) is 13.0 Å². The number of aryl methyl sites for hydroxylation is 2. The first kappa shape index (κ1) is 20.6. The van der Waals surface area contributed by atoms with Crippen LogP contribution < -0.4 is 5.32 Å². The lowest BCUT2D eigenvalue weighted by Gasteiger charge is -2.08. The Labute approximate surface area is 174 Å². The predicted molar refractivity (Wildman–Crippen MR) is 113 cm³/mol. The lowest BCUT2D eigenvalue weighted by Crippen LogP contribution is -2.22. The smallest absolute Gasteiger partial charge is 0.310 e. The van der Waals surface area contributed by atoms with E-state index in [1.165, 1.54) is 0 Å². The Kier molecular flexibility index (Phi) is 6.34. The van der Waals surface area contributed by atoms with E-state index in [1.807, 2.05) is 45.0 Å². The normalized spacial score (nSPS) is 10.6. The van der Waals surface area contributed by atoms with Crippen molar-refractivity contribution in [3.05, 3.63) is 76.1 Å². The van der Waals surface area contributed by atoms with Crippen LogP contribution in [0.15, 0.2) is 48.5 Å². The first-order valence-electron chi connectivity index (χ1n) is 9.17. The number of hydrogen-bond donors (Lipinski definition) is 1. The number of esters is 1. The molecule has 0 saturated carbocycles. The van der Waals surface area contributed by atoms with Gasteiger partial charge in [-0.3, -0.25) is 9.59 Å². The van der Waals surface area contributed by atoms with Crippen LogP contribution >= 0.6 is 11.6 Å². The number of hydrogen-bond acceptors (Lipinski definition) is 4. The molecule has 1 N–H and O–H groups in total. The molecule has 0 aliphatic rings. The number of carbonyl (C=O) groups is 2. The Morgan fingerprint density at radius 2 is 1.76 bits per heavy atom. The zero-order chi connectivity index (χ0) is 21.0. The van der Waals surface area contributed by atoms with E-state index in [1.54, 1.807) is 28.9 Å². The van der Waals surface area contributed by atoms with Gasteiger partial charge in [0.15, 0.2) is 6.61 Å². The van der Waals surface area contributed by atoms with Crippen molar-refractivity contribution in [3.8, 4) is 5.69 Å². The average Bonchev–Trinajstić information content (AvgIpc) is 2.97. The molecule has 6 nitrogen and oxygen atoms in total. The molecule has 1 amide bonds. The first-order chi connectivity index (χ1) is 13.8. The average molecular weight is 412 g/mol. The number of benzene rings is 2. The fraction of sp³-hybridized carbons (Fsp3) is 0.227. The third kappa shape index (κ3) is 5.03. The number of amides is 1. The summed E-state index contributed by atoms with van der Waals surface area (Å²) in [6.07, 6.45) is 0.0103. The molecular formula is C22H22ClN3O3. The van der Waals surface area contributed by atoms with E-state index in [4.69, 9.17) is 16.3 Å². The van der Waals surface area contributed by atoms with E-state index in [2.05, 4.69) is 10.4 Å². The second-order valence-electron chi connectivity index (χ2n) is 6.77. The van der Waals surface area contributed by atoms with E-state index in [0.29, 0.717) is 22.0 Å². The third-order valence-electron chi connectivity index (χ3n) is 4.49. The van der Waals surface area contributed by atoms with Crippen LogP contribution in [0.3, 0.4) is 0 Å². The molecule has 29 heavy (non-hydrogen) atoms. The van der Waals surface area contributed by atoms with Gasteiger partial charge in [0.2, 0.25) is 0 Å². The van der Waals surface area contributed by atoms with E-state index in [0.717, 1.165) is 16.9 Å². The van der Waals surface area contributed by atoms with Gasteiger partial charge in [-0.2, -0.15) is 5.10 Å². The zero-order valence-electron chi connectivity index (χ0n) is 16.5.